The lowest BCUT2D eigenvalue weighted by Gasteiger charge is -2.12. The maximum Gasteiger partial charge on any atom is 0.0399 e. The van der Waals surface area contributed by atoms with Crippen LogP contribution in [0.15, 0.2) is 25.3 Å². The second kappa shape index (κ2) is 7.55. The Morgan fingerprint density at radius 1 is 1.36 bits per heavy atom. The highest BCUT2D eigenvalue weighted by Gasteiger charge is 2.01. The van der Waals surface area contributed by atoms with Gasteiger partial charge in [-0.15, -0.1) is 13.2 Å². The fraction of sp³-hybridized carbons (Fsp3) is 0.500. The summed E-state index contributed by atoms with van der Waals surface area (Å²) in [6.45, 7) is 10.5. The quantitative estimate of drug-likeness (QED) is 0.437. The molecule has 1 N–H and O–H groups in total. The van der Waals surface area contributed by atoms with Gasteiger partial charge in [0.15, 0.2) is 0 Å². The molecular weight excluding hydrogens is 134 g/mol. The van der Waals surface area contributed by atoms with Crippen molar-refractivity contribution >= 4 is 0 Å². The molecule has 0 aromatic carbocycles. The molecule has 1 radical (unpaired) electrons. The molecule has 1 nitrogen and oxygen atoms in total. The Morgan fingerprint density at radius 3 is 2.55 bits per heavy atom. The molecule has 0 aromatic rings. The molecule has 0 unspecified atom stereocenters. The molecular formula is C10H18N. The zero-order chi connectivity index (χ0) is 8.53. The van der Waals surface area contributed by atoms with Crippen LogP contribution < -0.4 is 5.32 Å². The molecule has 0 saturated heterocycles. The lowest BCUT2D eigenvalue weighted by Crippen LogP contribution is -2.20. The molecule has 0 aromatic heterocycles. The SMILES string of the molecule is C=CCCN[C](CC)CC=C. The van der Waals surface area contributed by atoms with Crippen LogP contribution >= 0.6 is 0 Å². The Bertz CT molecular complexity index is 107. The zero-order valence-corrected chi connectivity index (χ0v) is 7.40. The van der Waals surface area contributed by atoms with Gasteiger partial charge in [-0.3, -0.25) is 0 Å². The smallest absolute Gasteiger partial charge is 0.0399 e. The van der Waals surface area contributed by atoms with Crippen molar-refractivity contribution in [1.82, 2.24) is 5.32 Å². The third kappa shape index (κ3) is 5.86. The molecule has 63 valence electrons. The van der Waals surface area contributed by atoms with Crippen molar-refractivity contribution < 1.29 is 0 Å². The second-order valence-electron chi connectivity index (χ2n) is 2.45. The summed E-state index contributed by atoms with van der Waals surface area (Å²) >= 11 is 0. The topological polar surface area (TPSA) is 12.0 Å². The first-order chi connectivity index (χ1) is 5.35. The Labute approximate surface area is 70.2 Å². The molecule has 11 heavy (non-hydrogen) atoms. The summed E-state index contributed by atoms with van der Waals surface area (Å²) in [5.41, 5.74) is 0. The Balaban J connectivity index is 3.34. The van der Waals surface area contributed by atoms with Crippen LogP contribution in [0, 0.1) is 6.04 Å². The summed E-state index contributed by atoms with van der Waals surface area (Å²) in [5.74, 6) is 0. The average Bonchev–Trinajstić information content (AvgIpc) is 2.03. The van der Waals surface area contributed by atoms with E-state index in [0.717, 1.165) is 25.8 Å². The van der Waals surface area contributed by atoms with Crippen LogP contribution in [0.3, 0.4) is 0 Å². The van der Waals surface area contributed by atoms with Crippen LogP contribution in [0.4, 0.5) is 0 Å². The summed E-state index contributed by atoms with van der Waals surface area (Å²) in [7, 11) is 0. The molecule has 0 spiro atoms. The van der Waals surface area contributed by atoms with Crippen LogP contribution in [0.25, 0.3) is 0 Å². The predicted octanol–water partition coefficient (Wildman–Crippen LogP) is 2.67. The van der Waals surface area contributed by atoms with Crippen molar-refractivity contribution in [2.24, 2.45) is 0 Å². The van der Waals surface area contributed by atoms with Gasteiger partial charge in [-0.2, -0.15) is 0 Å². The van der Waals surface area contributed by atoms with E-state index in [2.05, 4.69) is 25.4 Å². The van der Waals surface area contributed by atoms with Crippen LogP contribution in [-0.2, 0) is 0 Å². The molecule has 0 heterocycles. The Morgan fingerprint density at radius 2 is 2.09 bits per heavy atom. The second-order valence-corrected chi connectivity index (χ2v) is 2.45. The molecule has 0 amide bonds. The Kier molecular flexibility index (Phi) is 7.16. The highest BCUT2D eigenvalue weighted by atomic mass is 14.9. The highest BCUT2D eigenvalue weighted by Crippen LogP contribution is 2.06. The average molecular weight is 152 g/mol. The van der Waals surface area contributed by atoms with E-state index in [1.807, 2.05) is 12.2 Å². The summed E-state index contributed by atoms with van der Waals surface area (Å²) in [4.78, 5) is 0. The monoisotopic (exact) mass is 152 g/mol. The number of nitrogens with one attached hydrogen (secondary N) is 1. The van der Waals surface area contributed by atoms with Gasteiger partial charge in [0, 0.05) is 6.04 Å². The van der Waals surface area contributed by atoms with E-state index >= 15 is 0 Å². The van der Waals surface area contributed by atoms with Crippen molar-refractivity contribution in [1.29, 1.82) is 0 Å². The van der Waals surface area contributed by atoms with Gasteiger partial charge in [0.05, 0.1) is 0 Å². The van der Waals surface area contributed by atoms with Crippen molar-refractivity contribution in [2.75, 3.05) is 6.54 Å². The van der Waals surface area contributed by atoms with Crippen molar-refractivity contribution in [3.05, 3.63) is 31.4 Å². The van der Waals surface area contributed by atoms with Gasteiger partial charge < -0.3 is 5.32 Å². The molecule has 0 fully saturated rings. The molecule has 0 aliphatic heterocycles. The predicted molar refractivity (Wildman–Crippen MR) is 51.2 cm³/mol. The minimum atomic E-state index is 0.980. The fourth-order valence-electron chi connectivity index (χ4n) is 0.867. The lowest BCUT2D eigenvalue weighted by molar-refractivity contribution is 0.639. The van der Waals surface area contributed by atoms with E-state index in [4.69, 9.17) is 0 Å². The molecule has 0 aliphatic rings. The van der Waals surface area contributed by atoms with Crippen LogP contribution in [-0.4, -0.2) is 6.54 Å². The molecule has 0 atom stereocenters. The summed E-state index contributed by atoms with van der Waals surface area (Å²) in [5, 5.41) is 3.35. The molecule has 0 aliphatic carbocycles. The zero-order valence-electron chi connectivity index (χ0n) is 7.40. The van der Waals surface area contributed by atoms with Crippen molar-refractivity contribution in [3.63, 3.8) is 0 Å². The van der Waals surface area contributed by atoms with Gasteiger partial charge >= 0.3 is 0 Å². The van der Waals surface area contributed by atoms with E-state index in [1.54, 1.807) is 0 Å². The first-order valence-corrected chi connectivity index (χ1v) is 4.15. The summed E-state index contributed by atoms with van der Waals surface area (Å²) in [6.07, 6.45) is 6.95. The van der Waals surface area contributed by atoms with Gasteiger partial charge in [0.1, 0.15) is 0 Å². The third-order valence-corrected chi connectivity index (χ3v) is 1.54. The van der Waals surface area contributed by atoms with Crippen LogP contribution in [0.5, 0.6) is 0 Å². The van der Waals surface area contributed by atoms with Gasteiger partial charge in [-0.05, 0) is 25.8 Å². The van der Waals surface area contributed by atoms with Crippen LogP contribution in [0.2, 0.25) is 0 Å². The highest BCUT2D eigenvalue weighted by molar-refractivity contribution is 4.92. The summed E-state index contributed by atoms with van der Waals surface area (Å²) < 4.78 is 0. The largest absolute Gasteiger partial charge is 0.309 e. The van der Waals surface area contributed by atoms with Crippen LogP contribution in [0.1, 0.15) is 26.2 Å². The molecule has 0 rings (SSSR count). The third-order valence-electron chi connectivity index (χ3n) is 1.54. The first-order valence-electron chi connectivity index (χ1n) is 4.15. The number of rotatable bonds is 7. The Hall–Kier alpha value is -0.560. The van der Waals surface area contributed by atoms with Gasteiger partial charge in [0.25, 0.3) is 0 Å². The van der Waals surface area contributed by atoms with Crippen molar-refractivity contribution in [3.8, 4) is 0 Å². The van der Waals surface area contributed by atoms with E-state index in [-0.39, 0.29) is 0 Å². The van der Waals surface area contributed by atoms with Crippen molar-refractivity contribution in [2.45, 2.75) is 26.2 Å². The van der Waals surface area contributed by atoms with E-state index in [0.29, 0.717) is 0 Å². The van der Waals surface area contributed by atoms with E-state index < -0.39 is 0 Å². The summed E-state index contributed by atoms with van der Waals surface area (Å²) in [6, 6.07) is 1.36. The van der Waals surface area contributed by atoms with Gasteiger partial charge in [-0.25, -0.2) is 0 Å². The maximum atomic E-state index is 3.70. The minimum Gasteiger partial charge on any atom is -0.309 e. The standard InChI is InChI=1S/C10H18N/c1-4-7-9-11-10(6-3)8-5-2/h4-5,11H,1-2,6-9H2,3H3. The van der Waals surface area contributed by atoms with E-state index in [9.17, 15) is 0 Å². The fourth-order valence-corrected chi connectivity index (χ4v) is 0.867. The number of hydrogen-bond donors (Lipinski definition) is 1. The molecule has 1 heteroatoms. The van der Waals surface area contributed by atoms with E-state index in [1.165, 1.54) is 6.04 Å². The minimum absolute atomic E-state index is 0.980. The normalized spacial score (nSPS) is 10.0. The maximum absolute atomic E-state index is 3.70. The lowest BCUT2D eigenvalue weighted by atomic mass is 10.1. The molecule has 0 bridgehead atoms. The van der Waals surface area contributed by atoms with Gasteiger partial charge in [0.2, 0.25) is 0 Å². The number of hydrogen-bond acceptors (Lipinski definition) is 1. The van der Waals surface area contributed by atoms with Gasteiger partial charge in [-0.1, -0.05) is 19.1 Å². The first kappa shape index (κ1) is 10.4. The molecule has 0 saturated carbocycles.